The minimum absolute atomic E-state index is 0.180. The smallest absolute Gasteiger partial charge is 0.338 e. The van der Waals surface area contributed by atoms with Crippen LogP contribution in [0.1, 0.15) is 30.3 Å². The average molecular weight is 415 g/mol. The summed E-state index contributed by atoms with van der Waals surface area (Å²) < 4.78 is 9.08. The first-order valence-corrected chi connectivity index (χ1v) is 10.4. The van der Waals surface area contributed by atoms with Crippen LogP contribution in [-0.2, 0) is 16.6 Å². The fourth-order valence-corrected chi connectivity index (χ4v) is 5.04. The predicted molar refractivity (Wildman–Crippen MR) is 108 cm³/mol. The molecule has 28 heavy (non-hydrogen) atoms. The third-order valence-corrected chi connectivity index (χ3v) is 6.26. The Bertz CT molecular complexity index is 1250. The van der Waals surface area contributed by atoms with Crippen LogP contribution in [0.2, 0.25) is 0 Å². The lowest BCUT2D eigenvalue weighted by Crippen LogP contribution is -2.39. The highest BCUT2D eigenvalue weighted by Crippen LogP contribution is 2.33. The van der Waals surface area contributed by atoms with Gasteiger partial charge in [0.25, 0.3) is 5.56 Å². The summed E-state index contributed by atoms with van der Waals surface area (Å²) in [7, 11) is 1.82. The van der Waals surface area contributed by atoms with Gasteiger partial charge in [-0.15, -0.1) is 11.3 Å². The molecule has 0 fully saturated rings. The van der Waals surface area contributed by atoms with Gasteiger partial charge < -0.3 is 4.74 Å². The van der Waals surface area contributed by atoms with E-state index in [4.69, 9.17) is 4.74 Å². The Labute approximate surface area is 168 Å². The molecule has 1 unspecified atom stereocenters. The lowest BCUT2D eigenvalue weighted by molar-refractivity contribution is -0.139. The molecule has 3 aromatic heterocycles. The summed E-state index contributed by atoms with van der Waals surface area (Å²) in [4.78, 5) is 31.9. The van der Waals surface area contributed by atoms with E-state index in [9.17, 15) is 9.59 Å². The molecule has 1 atom stereocenters. The minimum Gasteiger partial charge on any atom is -0.463 e. The molecule has 144 valence electrons. The van der Waals surface area contributed by atoms with Gasteiger partial charge in [0.1, 0.15) is 6.04 Å². The van der Waals surface area contributed by atoms with E-state index in [0.29, 0.717) is 20.6 Å². The van der Waals surface area contributed by atoms with Crippen LogP contribution < -0.4 is 14.9 Å². The number of aryl methyl sites for hydroxylation is 1. The molecule has 7 nitrogen and oxygen atoms in total. The van der Waals surface area contributed by atoms with E-state index in [1.807, 2.05) is 30.8 Å². The van der Waals surface area contributed by atoms with Crippen molar-refractivity contribution in [1.82, 2.24) is 14.3 Å². The van der Waals surface area contributed by atoms with E-state index in [-0.39, 0.29) is 12.2 Å². The fraction of sp³-hybridized carbons (Fsp3) is 0.263. The molecule has 4 heterocycles. The van der Waals surface area contributed by atoms with Crippen LogP contribution in [-0.4, -0.2) is 26.9 Å². The maximum atomic E-state index is 13.2. The Hall–Kier alpha value is -2.78. The minimum atomic E-state index is -0.536. The SMILES string of the molecule is CCOC(=O)C1=C(C)N=c2s/c(=C/c3cnn(C)c3)c(=O)n2C1c1cccs1. The van der Waals surface area contributed by atoms with Crippen LogP contribution in [0.25, 0.3) is 6.08 Å². The van der Waals surface area contributed by atoms with E-state index in [2.05, 4.69) is 10.1 Å². The van der Waals surface area contributed by atoms with E-state index < -0.39 is 12.0 Å². The van der Waals surface area contributed by atoms with Gasteiger partial charge >= 0.3 is 5.97 Å². The normalized spacial score (nSPS) is 16.8. The van der Waals surface area contributed by atoms with Gasteiger partial charge in [0, 0.05) is 23.7 Å². The van der Waals surface area contributed by atoms with Crippen molar-refractivity contribution in [3.63, 3.8) is 0 Å². The highest BCUT2D eigenvalue weighted by Gasteiger charge is 2.33. The molecule has 4 rings (SSSR count). The molecule has 3 aromatic rings. The van der Waals surface area contributed by atoms with Gasteiger partial charge in [0.05, 0.1) is 28.6 Å². The Kier molecular flexibility index (Phi) is 4.86. The number of carbonyl (C=O) groups excluding carboxylic acids is 1. The third-order valence-electron chi connectivity index (χ3n) is 4.35. The van der Waals surface area contributed by atoms with E-state index in [1.54, 1.807) is 35.4 Å². The second-order valence-corrected chi connectivity index (χ2v) is 8.25. The van der Waals surface area contributed by atoms with Crippen LogP contribution in [0.5, 0.6) is 0 Å². The van der Waals surface area contributed by atoms with Crippen LogP contribution in [0.15, 0.2) is 51.0 Å². The van der Waals surface area contributed by atoms with Gasteiger partial charge in [-0.1, -0.05) is 17.4 Å². The zero-order valence-electron chi connectivity index (χ0n) is 15.6. The Morgan fingerprint density at radius 1 is 1.43 bits per heavy atom. The van der Waals surface area contributed by atoms with Crippen molar-refractivity contribution in [2.45, 2.75) is 19.9 Å². The fourth-order valence-electron chi connectivity index (χ4n) is 3.17. The maximum Gasteiger partial charge on any atom is 0.338 e. The lowest BCUT2D eigenvalue weighted by atomic mass is 10.0. The molecule has 0 N–H and O–H groups in total. The first-order chi connectivity index (χ1) is 13.5. The molecule has 9 heteroatoms. The lowest BCUT2D eigenvalue weighted by Gasteiger charge is -2.23. The Balaban J connectivity index is 1.95. The number of esters is 1. The molecular weight excluding hydrogens is 396 g/mol. The van der Waals surface area contributed by atoms with Gasteiger partial charge in [0.2, 0.25) is 0 Å². The number of thiophene rings is 1. The number of aromatic nitrogens is 3. The zero-order valence-corrected chi connectivity index (χ0v) is 17.2. The second kappa shape index (κ2) is 7.33. The number of hydrogen-bond donors (Lipinski definition) is 0. The van der Waals surface area contributed by atoms with Crippen molar-refractivity contribution in [2.24, 2.45) is 12.0 Å². The molecular formula is C19H18N4O3S2. The van der Waals surface area contributed by atoms with Crippen LogP contribution in [0, 0.1) is 0 Å². The van der Waals surface area contributed by atoms with E-state index in [0.717, 1.165) is 10.4 Å². The number of thiazole rings is 1. The molecule has 0 saturated heterocycles. The Morgan fingerprint density at radius 3 is 2.89 bits per heavy atom. The number of carbonyl (C=O) groups is 1. The number of fused-ring (bicyclic) bond motifs is 1. The van der Waals surface area contributed by atoms with Crippen LogP contribution in [0.3, 0.4) is 0 Å². The monoisotopic (exact) mass is 414 g/mol. The van der Waals surface area contributed by atoms with Crippen molar-refractivity contribution >= 4 is 34.7 Å². The van der Waals surface area contributed by atoms with Gasteiger partial charge in [-0.3, -0.25) is 14.0 Å². The highest BCUT2D eigenvalue weighted by molar-refractivity contribution is 7.10. The number of hydrogen-bond acceptors (Lipinski definition) is 7. The standard InChI is InChI=1S/C19H18N4O3S2/c1-4-26-18(25)15-11(2)21-19-23(16(15)13-6-5-7-27-13)17(24)14(28-19)8-12-9-20-22(3)10-12/h5-10,16H,4H2,1-3H3/b14-8+. The zero-order chi connectivity index (χ0) is 19.8. The summed E-state index contributed by atoms with van der Waals surface area (Å²) >= 11 is 2.80. The highest BCUT2D eigenvalue weighted by atomic mass is 32.1. The molecule has 1 aliphatic heterocycles. The summed E-state index contributed by atoms with van der Waals surface area (Å²) in [6.07, 6.45) is 5.33. The third kappa shape index (κ3) is 3.16. The quantitative estimate of drug-likeness (QED) is 0.608. The Morgan fingerprint density at radius 2 is 2.25 bits per heavy atom. The summed E-state index contributed by atoms with van der Waals surface area (Å²) in [5.41, 5.74) is 1.64. The van der Waals surface area contributed by atoms with Gasteiger partial charge in [-0.2, -0.15) is 5.10 Å². The van der Waals surface area contributed by atoms with Crippen molar-refractivity contribution in [2.75, 3.05) is 6.61 Å². The van der Waals surface area contributed by atoms with Crippen molar-refractivity contribution < 1.29 is 9.53 Å². The average Bonchev–Trinajstić information content (AvgIpc) is 3.37. The van der Waals surface area contributed by atoms with E-state index >= 15 is 0 Å². The maximum absolute atomic E-state index is 13.2. The second-order valence-electron chi connectivity index (χ2n) is 6.27. The summed E-state index contributed by atoms with van der Waals surface area (Å²) in [5, 5.41) is 6.07. The number of ether oxygens (including phenoxy) is 1. The van der Waals surface area contributed by atoms with Crippen LogP contribution >= 0.6 is 22.7 Å². The van der Waals surface area contributed by atoms with Gasteiger partial charge in [-0.25, -0.2) is 9.79 Å². The van der Waals surface area contributed by atoms with Crippen LogP contribution in [0.4, 0.5) is 0 Å². The molecule has 0 amide bonds. The molecule has 0 spiro atoms. The predicted octanol–water partition coefficient (Wildman–Crippen LogP) is 1.59. The molecule has 0 aromatic carbocycles. The summed E-state index contributed by atoms with van der Waals surface area (Å²) in [6.45, 7) is 3.81. The van der Waals surface area contributed by atoms with Gasteiger partial charge in [-0.05, 0) is 31.4 Å². The number of rotatable bonds is 4. The summed E-state index contributed by atoms with van der Waals surface area (Å²) in [5.74, 6) is -0.441. The number of nitrogens with zero attached hydrogens (tertiary/aromatic N) is 4. The molecule has 0 bridgehead atoms. The van der Waals surface area contributed by atoms with Crippen molar-refractivity contribution in [1.29, 1.82) is 0 Å². The van der Waals surface area contributed by atoms with Crippen molar-refractivity contribution in [3.8, 4) is 0 Å². The molecule has 0 aliphatic carbocycles. The van der Waals surface area contributed by atoms with E-state index in [1.165, 1.54) is 22.7 Å². The topological polar surface area (TPSA) is 78.5 Å². The molecule has 0 radical (unpaired) electrons. The first kappa shape index (κ1) is 18.6. The number of allylic oxidation sites excluding steroid dienone is 1. The van der Waals surface area contributed by atoms with Gasteiger partial charge in [0.15, 0.2) is 4.80 Å². The van der Waals surface area contributed by atoms with Crippen molar-refractivity contribution in [3.05, 3.63) is 71.3 Å². The first-order valence-electron chi connectivity index (χ1n) is 8.71. The molecule has 1 aliphatic rings. The summed E-state index contributed by atoms with van der Waals surface area (Å²) in [6, 6.07) is 3.29. The molecule has 0 saturated carbocycles. The largest absolute Gasteiger partial charge is 0.463 e.